The van der Waals surface area contributed by atoms with Crippen LogP contribution in [0.3, 0.4) is 0 Å². The highest BCUT2D eigenvalue weighted by Gasteiger charge is 2.44. The van der Waals surface area contributed by atoms with Crippen LogP contribution in [0.4, 0.5) is 0 Å². The molecule has 0 spiro atoms. The van der Waals surface area contributed by atoms with Gasteiger partial charge in [0.1, 0.15) is 16.1 Å². The van der Waals surface area contributed by atoms with Gasteiger partial charge in [-0.25, -0.2) is 0 Å². The molecule has 0 saturated carbocycles. The van der Waals surface area contributed by atoms with Crippen molar-refractivity contribution in [2.24, 2.45) is 0 Å². The second-order valence-electron chi connectivity index (χ2n) is 55.1. The lowest BCUT2D eigenvalue weighted by Crippen LogP contribution is -2.43. The van der Waals surface area contributed by atoms with Gasteiger partial charge in [0.2, 0.25) is 0 Å². The largest absolute Gasteiger partial charge is 0.146 e. The second-order valence-corrected chi connectivity index (χ2v) is 66.3. The fraction of sp³-hybridized carbons (Fsp3) is 0.392. The van der Waals surface area contributed by atoms with E-state index < -0.39 is 16.1 Å². The van der Waals surface area contributed by atoms with Crippen molar-refractivity contribution in [3.8, 4) is 118 Å². The predicted molar refractivity (Wildman–Crippen MR) is 665 cm³/mol. The topological polar surface area (TPSA) is 0 Å². The minimum absolute atomic E-state index is 0.0987. The van der Waals surface area contributed by atoms with Crippen molar-refractivity contribution in [2.45, 2.75) is 378 Å². The van der Waals surface area contributed by atoms with Crippen LogP contribution < -0.4 is 0 Å². The average molecular weight is 2000 g/mol. The molecule has 0 aliphatic rings. The van der Waals surface area contributed by atoms with Gasteiger partial charge < -0.3 is 0 Å². The van der Waals surface area contributed by atoms with Gasteiger partial charge in [0.25, 0.3) is 0 Å². The Morgan fingerprint density at radius 3 is 0.313 bits per heavy atom. The first-order chi connectivity index (χ1) is 69.7. The maximum Gasteiger partial charge on any atom is 0.146 e. The van der Waals surface area contributed by atoms with E-state index in [1.54, 1.807) is 0 Å². The van der Waals surface area contributed by atoms with Crippen molar-refractivity contribution >= 4 is 124 Å². The van der Waals surface area contributed by atoms with Crippen molar-refractivity contribution in [3.05, 3.63) is 293 Å². The van der Waals surface area contributed by atoms with Crippen LogP contribution in [0.2, 0.25) is 33.2 Å². The van der Waals surface area contributed by atoms with E-state index >= 15 is 0 Å². The summed E-state index contributed by atoms with van der Waals surface area (Å²) in [4.78, 5) is 0. The van der Waals surface area contributed by atoms with Gasteiger partial charge in [0.05, 0.1) is 0 Å². The van der Waals surface area contributed by atoms with E-state index in [1.165, 1.54) is 55.6 Å². The third-order valence-corrected chi connectivity index (χ3v) is 45.1. The van der Waals surface area contributed by atoms with E-state index in [1.807, 2.05) is 0 Å². The van der Waals surface area contributed by atoms with Gasteiger partial charge in [-0.2, -0.15) is 0 Å². The summed E-state index contributed by atoms with van der Waals surface area (Å²) in [5.74, 6) is 67.0. The summed E-state index contributed by atoms with van der Waals surface area (Å²) >= 11 is 0. The Labute approximate surface area is 906 Å². The molecule has 15 aromatic carbocycles. The lowest BCUT2D eigenvalue weighted by molar-refractivity contribution is 0.590. The van der Waals surface area contributed by atoms with Crippen LogP contribution in [0.25, 0.3) is 108 Å². The van der Waals surface area contributed by atoms with Crippen molar-refractivity contribution in [1.29, 1.82) is 0 Å². The molecule has 0 amide bonds. The summed E-state index contributed by atoms with van der Waals surface area (Å²) in [5, 5.41) is 21.2. The van der Waals surface area contributed by atoms with E-state index in [2.05, 4.69) is 590 Å². The molecule has 0 fully saturated rings. The van der Waals surface area contributed by atoms with Crippen LogP contribution in [0.1, 0.15) is 402 Å². The summed E-state index contributed by atoms with van der Waals surface area (Å²) in [6.07, 6.45) is 0. The molecule has 0 aliphatic heterocycles. The Bertz CT molecular complexity index is 8250. The van der Waals surface area contributed by atoms with Crippen LogP contribution in [0.15, 0.2) is 182 Å². The molecule has 0 unspecified atom stereocenters. The Kier molecular flexibility index (Phi) is 30.1. The van der Waals surface area contributed by atoms with E-state index in [0.29, 0.717) is 33.2 Å². The monoisotopic (exact) mass is 2000 g/mol. The molecule has 0 nitrogen and oxygen atoms in total. The molecule has 0 heterocycles. The first kappa shape index (κ1) is 111. The van der Waals surface area contributed by atoms with Gasteiger partial charge in [-0.05, 0) is 359 Å². The highest BCUT2D eigenvalue weighted by Crippen LogP contribution is 2.49. The Morgan fingerprint density at radius 2 is 0.227 bits per heavy atom. The van der Waals surface area contributed by atoms with Gasteiger partial charge in [0.15, 0.2) is 0 Å². The molecule has 150 heavy (non-hydrogen) atoms. The molecule has 0 saturated heterocycles. The summed E-state index contributed by atoms with van der Waals surface area (Å²) in [5.41, 5.74) is 31.5. The van der Waals surface area contributed by atoms with E-state index in [9.17, 15) is 0 Å². The molecule has 15 rings (SSSR count). The predicted octanol–water partition coefficient (Wildman–Crippen LogP) is 38.9. The molecule has 15 aromatic rings. The molecule has 0 atom stereocenters. The number of hydrogen-bond donors (Lipinski definition) is 0. The highest BCUT2D eigenvalue weighted by molar-refractivity contribution is 6.91. The average Bonchev–Trinajstić information content (AvgIpc) is 0.742. The van der Waals surface area contributed by atoms with Gasteiger partial charge >= 0.3 is 0 Å². The summed E-state index contributed by atoms with van der Waals surface area (Å²) in [6, 6.07) is 69.5. The van der Waals surface area contributed by atoms with Crippen LogP contribution >= 0.6 is 0 Å². The Morgan fingerprint density at radius 1 is 0.133 bits per heavy atom. The molecule has 0 radical (unpaired) electrons. The molecular formula is C148H162Si2. The summed E-state index contributed by atoms with van der Waals surface area (Å²) in [6.45, 7) is 97.6. The minimum atomic E-state index is -2.15. The summed E-state index contributed by atoms with van der Waals surface area (Å²) in [7, 11) is -4.31. The zero-order valence-corrected chi connectivity index (χ0v) is 101. The summed E-state index contributed by atoms with van der Waals surface area (Å²) < 4.78 is 0. The second kappa shape index (κ2) is 40.6. The molecule has 0 aliphatic carbocycles. The first-order valence-corrected chi connectivity index (χ1v) is 59.5. The molecule has 762 valence electrons. The third-order valence-electron chi connectivity index (χ3n) is 32.5. The molecule has 0 bridgehead atoms. The highest BCUT2D eigenvalue weighted by atomic mass is 28.3. The Balaban J connectivity index is 0.907. The zero-order valence-electron chi connectivity index (χ0n) is 98.8. The van der Waals surface area contributed by atoms with E-state index in [0.717, 1.165) is 163 Å². The number of benzene rings is 15. The molecular weight excluding hydrogens is 1830 g/mol. The fourth-order valence-corrected chi connectivity index (χ4v) is 33.5. The lowest BCUT2D eigenvalue weighted by Gasteiger charge is -2.38. The maximum absolute atomic E-state index is 4.17. The number of rotatable bonds is 6. The number of hydrogen-bond acceptors (Lipinski definition) is 0. The van der Waals surface area contributed by atoms with Crippen molar-refractivity contribution in [2.75, 3.05) is 0 Å². The SMILES string of the molecule is CC(C)[Si](C#Cc1c2ccc(C(C)(C)C)cc2c(C#CC#Cc2c3ccc(C(C)(C)C)cc3c(C#CC#Cc3c4ccc(C(C)(C)C)cc4c(C#CC#Cc4c5ccc(C(C)(C)C)cc5c(C#CC#Cc5c6ccc(C(C)(C)C)cc6c(C#C[Si](C(C)C)(C(C)C)C(C)C)c6ccc(C(C)(C)C)cc56)c5ccc(C(C)(C)C)cc45)c4ccc(C(C)(C)C)cc34)c3ccc(C(C)(C)C)cc23)c2ccc(C(C)(C)C)cc12)(C(C)C)C(C)C. The maximum atomic E-state index is 4.17. The van der Waals surface area contributed by atoms with Gasteiger partial charge in [0, 0.05) is 55.6 Å². The van der Waals surface area contributed by atoms with Crippen molar-refractivity contribution in [3.63, 3.8) is 0 Å². The van der Waals surface area contributed by atoms with E-state index in [4.69, 9.17) is 0 Å². The third kappa shape index (κ3) is 21.8. The van der Waals surface area contributed by atoms with E-state index in [-0.39, 0.29) is 54.1 Å². The van der Waals surface area contributed by atoms with Gasteiger partial charge in [-0.1, -0.05) is 471 Å². The number of fused-ring (bicyclic) bond motifs is 10. The lowest BCUT2D eigenvalue weighted by atomic mass is 9.81. The minimum Gasteiger partial charge on any atom is -0.125 e. The van der Waals surface area contributed by atoms with Crippen LogP contribution in [-0.4, -0.2) is 16.1 Å². The molecule has 0 N–H and O–H groups in total. The van der Waals surface area contributed by atoms with Crippen molar-refractivity contribution < 1.29 is 0 Å². The van der Waals surface area contributed by atoms with Crippen molar-refractivity contribution in [1.82, 2.24) is 0 Å². The smallest absolute Gasteiger partial charge is 0.125 e. The quantitative estimate of drug-likeness (QED) is 0.0884. The first-order valence-electron chi connectivity index (χ1n) is 55.0. The fourth-order valence-electron chi connectivity index (χ4n) is 23.1. The van der Waals surface area contributed by atoms with Crippen LogP contribution in [0.5, 0.6) is 0 Å². The van der Waals surface area contributed by atoms with Crippen LogP contribution in [0, 0.1) is 118 Å². The van der Waals surface area contributed by atoms with Crippen LogP contribution in [-0.2, 0) is 54.1 Å². The standard InChI is InChI=1S/C148H162Si2/c1-93(2)149(94(3)4,95(5)6)81-79-127-125-77-67-105(145(31,32)33)89-135(125)115(123-75-65-107(91-137(123)127)147(37,38)39)57-49-47-55-113-121-73-63-101(141(19,20)21)85-131(121)111(119-71-61-103(87-133(113)119)143(25,26)27)53-45-43-51-109-117-69-59-100(140(16,17)18)84-130(117)110(118-70-60-99(83-129(109)118)139(13,14)15)52-44-46-54-112-120-72-62-104(144(28,29)30)88-134(120)114(122-74-64-102(86-132(112)122)142(22,23)24)56-48-50-58-116-124-76-66-108(148(40,41)42)92-138(124)128(80-82-150(96(7)8,97(9)10)98(11)12)126-78-68-106(90-136(116)126)146(34,35)36/h59-78,83-98H,1-42H3. The zero-order chi connectivity index (χ0) is 110. The van der Waals surface area contributed by atoms with Gasteiger partial charge in [-0.15, -0.1) is 11.1 Å². The molecule has 0 aromatic heterocycles. The Hall–Kier alpha value is -13.1. The normalized spacial score (nSPS) is 12.7. The van der Waals surface area contributed by atoms with Gasteiger partial charge in [-0.3, -0.25) is 0 Å². The molecule has 2 heteroatoms.